The second-order valence-corrected chi connectivity index (χ2v) is 4.40. The first-order chi connectivity index (χ1) is 7.83. The Morgan fingerprint density at radius 1 is 1.31 bits per heavy atom. The van der Waals surface area contributed by atoms with E-state index >= 15 is 0 Å². The van der Waals surface area contributed by atoms with Gasteiger partial charge < -0.3 is 5.32 Å². The molecule has 2 N–H and O–H groups in total. The van der Waals surface area contributed by atoms with Gasteiger partial charge in [0.1, 0.15) is 5.82 Å². The summed E-state index contributed by atoms with van der Waals surface area (Å²) in [5.41, 5.74) is 3.57. The molecule has 0 bridgehead atoms. The van der Waals surface area contributed by atoms with Crippen LogP contribution in [0.2, 0.25) is 0 Å². The van der Waals surface area contributed by atoms with Crippen LogP contribution in [0.15, 0.2) is 30.3 Å². The van der Waals surface area contributed by atoms with E-state index in [1.165, 1.54) is 24.0 Å². The Hall–Kier alpha value is -1.77. The molecule has 1 aliphatic carbocycles. The van der Waals surface area contributed by atoms with Gasteiger partial charge in [0.05, 0.1) is 5.69 Å². The number of aromatic amines is 1. The molecular weight excluding hydrogens is 198 g/mol. The van der Waals surface area contributed by atoms with Gasteiger partial charge in [-0.25, -0.2) is 0 Å². The molecule has 0 saturated heterocycles. The van der Waals surface area contributed by atoms with Crippen molar-refractivity contribution >= 4 is 5.82 Å². The number of hydrogen-bond donors (Lipinski definition) is 2. The normalized spacial score (nSPS) is 15.1. The number of rotatable bonds is 3. The van der Waals surface area contributed by atoms with Gasteiger partial charge in [-0.05, 0) is 25.3 Å². The van der Waals surface area contributed by atoms with Crippen LogP contribution >= 0.6 is 0 Å². The molecular formula is C13H15N3. The molecule has 1 heterocycles. The summed E-state index contributed by atoms with van der Waals surface area (Å²) in [5.74, 6) is 0.959. The molecule has 0 aliphatic heterocycles. The number of H-pyrrole nitrogens is 1. The lowest BCUT2D eigenvalue weighted by Gasteiger charge is -2.00. The molecule has 0 radical (unpaired) electrons. The van der Waals surface area contributed by atoms with Crippen molar-refractivity contribution in [3.8, 4) is 11.3 Å². The lowest BCUT2D eigenvalue weighted by Crippen LogP contribution is -2.00. The third-order valence-corrected chi connectivity index (χ3v) is 2.94. The Morgan fingerprint density at radius 2 is 2.12 bits per heavy atom. The highest BCUT2D eigenvalue weighted by Crippen LogP contribution is 2.27. The minimum absolute atomic E-state index is 0.646. The van der Waals surface area contributed by atoms with Gasteiger partial charge in [0.2, 0.25) is 0 Å². The molecule has 16 heavy (non-hydrogen) atoms. The Kier molecular flexibility index (Phi) is 2.17. The van der Waals surface area contributed by atoms with E-state index in [-0.39, 0.29) is 0 Å². The Morgan fingerprint density at radius 3 is 2.88 bits per heavy atom. The fourth-order valence-electron chi connectivity index (χ4n) is 1.85. The fraction of sp³-hybridized carbons (Fsp3) is 0.308. The van der Waals surface area contributed by atoms with Crippen LogP contribution in [0.4, 0.5) is 5.82 Å². The number of nitrogens with one attached hydrogen (secondary N) is 2. The zero-order valence-corrected chi connectivity index (χ0v) is 9.33. The lowest BCUT2D eigenvalue weighted by atomic mass is 10.1. The third kappa shape index (κ3) is 1.81. The van der Waals surface area contributed by atoms with Crippen molar-refractivity contribution in [2.24, 2.45) is 0 Å². The Bertz CT molecular complexity index is 497. The summed E-state index contributed by atoms with van der Waals surface area (Å²) in [4.78, 5) is 0. The molecule has 1 aliphatic rings. The van der Waals surface area contributed by atoms with Crippen LogP contribution in [-0.4, -0.2) is 16.2 Å². The highest BCUT2D eigenvalue weighted by Gasteiger charge is 2.21. The molecule has 3 rings (SSSR count). The summed E-state index contributed by atoms with van der Waals surface area (Å²) in [6.07, 6.45) is 2.54. The van der Waals surface area contributed by atoms with Crippen LogP contribution in [-0.2, 0) is 0 Å². The standard InChI is InChI=1S/C13H15N3/c1-9-4-2-3-5-11(9)12-8-13(16-15-12)14-10-6-7-10/h2-5,8,10H,6-7H2,1H3,(H2,14,15,16). The quantitative estimate of drug-likeness (QED) is 0.823. The van der Waals surface area contributed by atoms with Gasteiger partial charge in [-0.2, -0.15) is 5.10 Å². The average Bonchev–Trinajstić information content (AvgIpc) is 2.97. The van der Waals surface area contributed by atoms with Gasteiger partial charge in [-0.15, -0.1) is 0 Å². The molecule has 0 unspecified atom stereocenters. The van der Waals surface area contributed by atoms with E-state index in [1.54, 1.807) is 0 Å². The molecule has 1 aromatic carbocycles. The molecule has 3 heteroatoms. The maximum atomic E-state index is 4.28. The molecule has 0 amide bonds. The lowest BCUT2D eigenvalue weighted by molar-refractivity contribution is 1.05. The summed E-state index contributed by atoms with van der Waals surface area (Å²) in [7, 11) is 0. The van der Waals surface area contributed by atoms with Gasteiger partial charge in [-0.3, -0.25) is 5.10 Å². The predicted molar refractivity (Wildman–Crippen MR) is 65.4 cm³/mol. The van der Waals surface area contributed by atoms with Crippen molar-refractivity contribution in [1.82, 2.24) is 10.2 Å². The SMILES string of the molecule is Cc1ccccc1-c1cc(NC2CC2)n[nH]1. The van der Waals surface area contributed by atoms with Gasteiger partial charge >= 0.3 is 0 Å². The van der Waals surface area contributed by atoms with Crippen molar-refractivity contribution in [2.75, 3.05) is 5.32 Å². The van der Waals surface area contributed by atoms with Crippen molar-refractivity contribution < 1.29 is 0 Å². The first kappa shape index (κ1) is 9.46. The topological polar surface area (TPSA) is 40.7 Å². The maximum Gasteiger partial charge on any atom is 0.148 e. The zero-order chi connectivity index (χ0) is 11.0. The minimum Gasteiger partial charge on any atom is -0.366 e. The number of aryl methyl sites for hydroxylation is 1. The molecule has 0 spiro atoms. The zero-order valence-electron chi connectivity index (χ0n) is 9.33. The average molecular weight is 213 g/mol. The van der Waals surface area contributed by atoms with E-state index in [0.717, 1.165) is 11.5 Å². The van der Waals surface area contributed by atoms with Crippen molar-refractivity contribution in [3.63, 3.8) is 0 Å². The van der Waals surface area contributed by atoms with Gasteiger partial charge in [-0.1, -0.05) is 24.3 Å². The van der Waals surface area contributed by atoms with Gasteiger partial charge in [0, 0.05) is 17.7 Å². The minimum atomic E-state index is 0.646. The van der Waals surface area contributed by atoms with Gasteiger partial charge in [0.15, 0.2) is 0 Å². The number of benzene rings is 1. The van der Waals surface area contributed by atoms with E-state index in [0.29, 0.717) is 6.04 Å². The molecule has 0 atom stereocenters. The summed E-state index contributed by atoms with van der Waals surface area (Å²) in [5, 5.41) is 10.7. The number of anilines is 1. The van der Waals surface area contributed by atoms with E-state index in [4.69, 9.17) is 0 Å². The van der Waals surface area contributed by atoms with Crippen LogP contribution in [0.5, 0.6) is 0 Å². The van der Waals surface area contributed by atoms with Crippen LogP contribution in [0.3, 0.4) is 0 Å². The van der Waals surface area contributed by atoms with E-state index in [9.17, 15) is 0 Å². The van der Waals surface area contributed by atoms with Crippen LogP contribution in [0, 0.1) is 6.92 Å². The second-order valence-electron chi connectivity index (χ2n) is 4.40. The van der Waals surface area contributed by atoms with E-state index < -0.39 is 0 Å². The highest BCUT2D eigenvalue weighted by atomic mass is 15.2. The molecule has 1 saturated carbocycles. The molecule has 1 aromatic heterocycles. The summed E-state index contributed by atoms with van der Waals surface area (Å²) in [6.45, 7) is 2.12. The Labute approximate surface area is 94.9 Å². The summed E-state index contributed by atoms with van der Waals surface area (Å²) < 4.78 is 0. The predicted octanol–water partition coefficient (Wildman–Crippen LogP) is 2.96. The molecule has 2 aromatic rings. The van der Waals surface area contributed by atoms with Crippen molar-refractivity contribution in [2.45, 2.75) is 25.8 Å². The maximum absolute atomic E-state index is 4.28. The third-order valence-electron chi connectivity index (χ3n) is 2.94. The number of nitrogens with zero attached hydrogens (tertiary/aromatic N) is 1. The first-order valence-corrected chi connectivity index (χ1v) is 5.71. The fourth-order valence-corrected chi connectivity index (χ4v) is 1.85. The molecule has 82 valence electrons. The summed E-state index contributed by atoms with van der Waals surface area (Å²) in [6, 6.07) is 11.1. The number of aromatic nitrogens is 2. The second kappa shape index (κ2) is 3.67. The monoisotopic (exact) mass is 213 g/mol. The first-order valence-electron chi connectivity index (χ1n) is 5.71. The van der Waals surface area contributed by atoms with Crippen LogP contribution in [0.25, 0.3) is 11.3 Å². The van der Waals surface area contributed by atoms with E-state index in [1.807, 2.05) is 0 Å². The number of hydrogen-bond acceptors (Lipinski definition) is 2. The smallest absolute Gasteiger partial charge is 0.148 e. The highest BCUT2D eigenvalue weighted by molar-refractivity contribution is 5.66. The van der Waals surface area contributed by atoms with Crippen molar-refractivity contribution in [3.05, 3.63) is 35.9 Å². The molecule has 3 nitrogen and oxygen atoms in total. The molecule has 1 fully saturated rings. The van der Waals surface area contributed by atoms with E-state index in [2.05, 4.69) is 52.8 Å². The van der Waals surface area contributed by atoms with Crippen LogP contribution < -0.4 is 5.32 Å². The van der Waals surface area contributed by atoms with Gasteiger partial charge in [0.25, 0.3) is 0 Å². The Balaban J connectivity index is 1.88. The van der Waals surface area contributed by atoms with Crippen molar-refractivity contribution in [1.29, 1.82) is 0 Å². The van der Waals surface area contributed by atoms with Crippen LogP contribution in [0.1, 0.15) is 18.4 Å². The largest absolute Gasteiger partial charge is 0.366 e. The summed E-state index contributed by atoms with van der Waals surface area (Å²) >= 11 is 0.